The van der Waals surface area contributed by atoms with Crippen molar-refractivity contribution >= 4 is 38.5 Å². The molecule has 0 amide bonds. The van der Waals surface area contributed by atoms with Crippen molar-refractivity contribution in [2.45, 2.75) is 18.9 Å². The summed E-state index contributed by atoms with van der Waals surface area (Å²) in [5.41, 5.74) is 1.02. The zero-order chi connectivity index (χ0) is 6.73. The minimum absolute atomic E-state index is 0.739. The molecule has 0 aromatic heterocycles. The fourth-order valence-corrected chi connectivity index (χ4v) is 0.676. The smallest absolute Gasteiger partial charge is 0.185 e. The quantitative estimate of drug-likeness (QED) is 0.513. The molecule has 0 aromatic rings. The molecule has 0 rings (SSSR count). The maximum Gasteiger partial charge on any atom is 0.185 e. The van der Waals surface area contributed by atoms with Crippen LogP contribution >= 0.6 is 38.5 Å². The number of rotatable bonds is 1. The molecule has 1 unspecified atom stereocenters. The predicted molar refractivity (Wildman–Crippen MR) is 46.2 cm³/mol. The van der Waals surface area contributed by atoms with Gasteiger partial charge in [0.1, 0.15) is 0 Å². The van der Waals surface area contributed by atoms with Gasteiger partial charge in [0, 0.05) is 3.58 Å². The zero-order valence-corrected chi connectivity index (χ0v) is 8.45. The number of halogens is 3. The highest BCUT2D eigenvalue weighted by atomic mass is 127. The largest absolute Gasteiger partial charge is 0.229 e. The average molecular weight is 293 g/mol. The Morgan fingerprint density at radius 3 is 2.00 bits per heavy atom. The Hall–Kier alpha value is 0.880. The van der Waals surface area contributed by atoms with Crippen molar-refractivity contribution < 1.29 is 4.39 Å². The van der Waals surface area contributed by atoms with Gasteiger partial charge in [-0.3, -0.25) is 0 Å². The summed E-state index contributed by atoms with van der Waals surface area (Å²) in [5.74, 6) is 0. The van der Waals surface area contributed by atoms with Crippen LogP contribution < -0.4 is 0 Å². The molecule has 48 valence electrons. The molecular formula is C5H7BrFI. The fourth-order valence-electron chi connectivity index (χ4n) is 0.218. The Labute approximate surface area is 70.8 Å². The van der Waals surface area contributed by atoms with Crippen LogP contribution in [-0.2, 0) is 0 Å². The van der Waals surface area contributed by atoms with E-state index in [0.29, 0.717) is 0 Å². The summed E-state index contributed by atoms with van der Waals surface area (Å²) in [5, 5.41) is -0.979. The SMILES string of the molecule is CC(C)=C(I)C(F)Br. The van der Waals surface area contributed by atoms with E-state index < -0.39 is 5.08 Å². The molecule has 0 N–H and O–H groups in total. The number of hydrogen-bond donors (Lipinski definition) is 0. The van der Waals surface area contributed by atoms with Gasteiger partial charge in [0.05, 0.1) is 0 Å². The monoisotopic (exact) mass is 292 g/mol. The van der Waals surface area contributed by atoms with Crippen molar-refractivity contribution in [1.82, 2.24) is 0 Å². The minimum atomic E-state index is -0.979. The standard InChI is InChI=1S/C5H7BrFI/c1-3(2)4(8)5(6)7/h5H,1-2H3. The number of alkyl halides is 2. The number of allylic oxidation sites excluding steroid dienone is 2. The van der Waals surface area contributed by atoms with E-state index in [1.165, 1.54) is 0 Å². The van der Waals surface area contributed by atoms with E-state index in [1.54, 1.807) is 0 Å². The highest BCUT2D eigenvalue weighted by molar-refractivity contribution is 14.1. The summed E-state index contributed by atoms with van der Waals surface area (Å²) in [7, 11) is 0. The molecule has 0 saturated heterocycles. The predicted octanol–water partition coefficient (Wildman–Crippen LogP) is 3.41. The van der Waals surface area contributed by atoms with Crippen LogP contribution in [0.5, 0.6) is 0 Å². The first kappa shape index (κ1) is 8.88. The van der Waals surface area contributed by atoms with Crippen LogP contribution in [0.25, 0.3) is 0 Å². The van der Waals surface area contributed by atoms with E-state index in [9.17, 15) is 4.39 Å². The van der Waals surface area contributed by atoms with Gasteiger partial charge in [0.2, 0.25) is 0 Å². The maximum absolute atomic E-state index is 12.2. The van der Waals surface area contributed by atoms with Crippen molar-refractivity contribution in [3.05, 3.63) is 9.15 Å². The summed E-state index contributed by atoms with van der Waals surface area (Å²) in [6, 6.07) is 0. The third kappa shape index (κ3) is 3.02. The molecule has 3 heteroatoms. The Kier molecular flexibility index (Phi) is 4.24. The van der Waals surface area contributed by atoms with E-state index >= 15 is 0 Å². The summed E-state index contributed by atoms with van der Waals surface area (Å²) in [6.07, 6.45) is 0. The van der Waals surface area contributed by atoms with E-state index in [-0.39, 0.29) is 0 Å². The van der Waals surface area contributed by atoms with Crippen molar-refractivity contribution in [2.24, 2.45) is 0 Å². The van der Waals surface area contributed by atoms with Gasteiger partial charge < -0.3 is 0 Å². The van der Waals surface area contributed by atoms with Gasteiger partial charge in [-0.15, -0.1) is 0 Å². The molecule has 0 aliphatic heterocycles. The molecule has 0 bridgehead atoms. The summed E-state index contributed by atoms with van der Waals surface area (Å²) >= 11 is 4.79. The van der Waals surface area contributed by atoms with Gasteiger partial charge >= 0.3 is 0 Å². The number of hydrogen-bond acceptors (Lipinski definition) is 0. The van der Waals surface area contributed by atoms with Crippen LogP contribution in [0.4, 0.5) is 4.39 Å². The summed E-state index contributed by atoms with van der Waals surface area (Å²) < 4.78 is 12.9. The zero-order valence-electron chi connectivity index (χ0n) is 4.71. The first-order chi connectivity index (χ1) is 3.55. The summed E-state index contributed by atoms with van der Waals surface area (Å²) in [4.78, 5) is 0. The lowest BCUT2D eigenvalue weighted by Crippen LogP contribution is -1.86. The van der Waals surface area contributed by atoms with E-state index in [4.69, 9.17) is 0 Å². The molecule has 8 heavy (non-hydrogen) atoms. The lowest BCUT2D eigenvalue weighted by atomic mass is 10.3. The molecule has 0 radical (unpaired) electrons. The molecule has 0 aliphatic rings. The van der Waals surface area contributed by atoms with Crippen molar-refractivity contribution in [1.29, 1.82) is 0 Å². The molecule has 0 aromatic carbocycles. The van der Waals surface area contributed by atoms with Crippen LogP contribution in [0.2, 0.25) is 0 Å². The van der Waals surface area contributed by atoms with Gasteiger partial charge in [0.15, 0.2) is 5.08 Å². The second-order valence-electron chi connectivity index (χ2n) is 1.65. The van der Waals surface area contributed by atoms with E-state index in [0.717, 1.165) is 9.15 Å². The Balaban J connectivity index is 4.00. The third-order valence-electron chi connectivity index (χ3n) is 0.669. The third-order valence-corrected chi connectivity index (χ3v) is 3.61. The fraction of sp³-hybridized carbons (Fsp3) is 0.600. The van der Waals surface area contributed by atoms with Gasteiger partial charge in [0.25, 0.3) is 0 Å². The van der Waals surface area contributed by atoms with Crippen LogP contribution in [0, 0.1) is 0 Å². The minimum Gasteiger partial charge on any atom is -0.229 e. The Morgan fingerprint density at radius 1 is 1.62 bits per heavy atom. The molecule has 0 fully saturated rings. The molecule has 0 aliphatic carbocycles. The lowest BCUT2D eigenvalue weighted by Gasteiger charge is -1.98. The van der Waals surface area contributed by atoms with Crippen molar-refractivity contribution in [2.75, 3.05) is 0 Å². The van der Waals surface area contributed by atoms with Crippen LogP contribution in [-0.4, -0.2) is 5.08 Å². The van der Waals surface area contributed by atoms with Gasteiger partial charge in [-0.05, 0) is 52.4 Å². The topological polar surface area (TPSA) is 0 Å². The summed E-state index contributed by atoms with van der Waals surface area (Å²) in [6.45, 7) is 3.77. The van der Waals surface area contributed by atoms with Crippen molar-refractivity contribution in [3.8, 4) is 0 Å². The highest BCUT2D eigenvalue weighted by Crippen LogP contribution is 2.23. The normalized spacial score (nSPS) is 13.1. The van der Waals surface area contributed by atoms with Crippen LogP contribution in [0.1, 0.15) is 13.8 Å². The first-order valence-electron chi connectivity index (χ1n) is 2.16. The molecule has 0 saturated carbocycles. The lowest BCUT2D eigenvalue weighted by molar-refractivity contribution is 0.524. The van der Waals surface area contributed by atoms with E-state index in [2.05, 4.69) is 15.9 Å². The van der Waals surface area contributed by atoms with Gasteiger partial charge in [-0.25, -0.2) is 4.39 Å². The Bertz CT molecular complexity index is 105. The molecule has 1 atom stereocenters. The Morgan fingerprint density at radius 2 is 2.00 bits per heavy atom. The van der Waals surface area contributed by atoms with Crippen molar-refractivity contribution in [3.63, 3.8) is 0 Å². The van der Waals surface area contributed by atoms with Gasteiger partial charge in [-0.2, -0.15) is 0 Å². The molecule has 0 spiro atoms. The van der Waals surface area contributed by atoms with Crippen LogP contribution in [0.15, 0.2) is 9.15 Å². The first-order valence-corrected chi connectivity index (χ1v) is 4.16. The second kappa shape index (κ2) is 3.82. The van der Waals surface area contributed by atoms with E-state index in [1.807, 2.05) is 36.4 Å². The molecule has 0 heterocycles. The highest BCUT2D eigenvalue weighted by Gasteiger charge is 2.04. The van der Waals surface area contributed by atoms with Gasteiger partial charge in [-0.1, -0.05) is 5.57 Å². The molecule has 0 nitrogen and oxygen atoms in total. The average Bonchev–Trinajstić information content (AvgIpc) is 1.64. The van der Waals surface area contributed by atoms with Crippen LogP contribution in [0.3, 0.4) is 0 Å². The maximum atomic E-state index is 12.2. The second-order valence-corrected chi connectivity index (χ2v) is 3.61. The molecular weight excluding hydrogens is 286 g/mol.